The van der Waals surface area contributed by atoms with Crippen molar-refractivity contribution in [1.82, 2.24) is 14.9 Å². The summed E-state index contributed by atoms with van der Waals surface area (Å²) in [4.78, 5) is 22.7. The normalized spacial score (nSPS) is 18.3. The van der Waals surface area contributed by atoms with Crippen molar-refractivity contribution >= 4 is 5.91 Å². The highest BCUT2D eigenvalue weighted by Crippen LogP contribution is 2.27. The fraction of sp³-hybridized carbons (Fsp3) is 0.389. The second-order valence-electron chi connectivity index (χ2n) is 5.98. The molecule has 1 fully saturated rings. The van der Waals surface area contributed by atoms with E-state index >= 15 is 0 Å². The molecular weight excluding hydrogens is 274 g/mol. The summed E-state index contributed by atoms with van der Waals surface area (Å²) < 4.78 is 0. The Labute approximate surface area is 131 Å². The molecule has 2 heterocycles. The van der Waals surface area contributed by atoms with Crippen LogP contribution in [-0.4, -0.2) is 33.9 Å². The molecule has 0 bridgehead atoms. The molecule has 0 unspecified atom stereocenters. The van der Waals surface area contributed by atoms with E-state index in [1.165, 1.54) is 5.56 Å². The van der Waals surface area contributed by atoms with E-state index < -0.39 is 0 Å². The number of hydrogen-bond donors (Lipinski definition) is 0. The van der Waals surface area contributed by atoms with Crippen LogP contribution >= 0.6 is 0 Å². The Morgan fingerprint density at radius 1 is 1.32 bits per heavy atom. The summed E-state index contributed by atoms with van der Waals surface area (Å²) >= 11 is 0. The molecule has 1 aromatic heterocycles. The highest BCUT2D eigenvalue weighted by Gasteiger charge is 2.24. The molecule has 1 amide bonds. The lowest BCUT2D eigenvalue weighted by molar-refractivity contribution is -0.130. The first kappa shape index (κ1) is 14.7. The molecule has 4 heteroatoms. The topological polar surface area (TPSA) is 46.1 Å². The van der Waals surface area contributed by atoms with Crippen molar-refractivity contribution in [3.05, 3.63) is 47.8 Å². The Hall–Kier alpha value is -2.23. The van der Waals surface area contributed by atoms with Crippen LogP contribution in [-0.2, 0) is 4.79 Å². The molecule has 0 radical (unpaired) electrons. The van der Waals surface area contributed by atoms with Crippen molar-refractivity contribution in [1.29, 1.82) is 0 Å². The number of benzene rings is 1. The van der Waals surface area contributed by atoms with Gasteiger partial charge in [-0.2, -0.15) is 0 Å². The lowest BCUT2D eigenvalue weighted by atomic mass is 9.94. The van der Waals surface area contributed by atoms with Gasteiger partial charge in [0.2, 0.25) is 5.91 Å². The highest BCUT2D eigenvalue weighted by atomic mass is 16.2. The highest BCUT2D eigenvalue weighted by molar-refractivity contribution is 5.73. The van der Waals surface area contributed by atoms with Crippen LogP contribution in [0.3, 0.4) is 0 Å². The van der Waals surface area contributed by atoms with Crippen molar-refractivity contribution in [2.45, 2.75) is 32.6 Å². The van der Waals surface area contributed by atoms with Crippen molar-refractivity contribution in [2.75, 3.05) is 13.1 Å². The first-order valence-corrected chi connectivity index (χ1v) is 7.79. The predicted octanol–water partition coefficient (Wildman–Crippen LogP) is 3.18. The average Bonchev–Trinajstić information content (AvgIpc) is 2.55. The molecule has 1 aliphatic heterocycles. The van der Waals surface area contributed by atoms with Gasteiger partial charge in [0.1, 0.15) is 0 Å². The third-order valence-corrected chi connectivity index (χ3v) is 4.24. The third-order valence-electron chi connectivity index (χ3n) is 4.24. The van der Waals surface area contributed by atoms with E-state index in [2.05, 4.69) is 24.0 Å². The molecular formula is C18H21N3O. The van der Waals surface area contributed by atoms with Gasteiger partial charge in [-0.3, -0.25) is 4.79 Å². The molecule has 1 aliphatic rings. The summed E-state index contributed by atoms with van der Waals surface area (Å²) in [6, 6.07) is 10.2. The third kappa shape index (κ3) is 3.16. The van der Waals surface area contributed by atoms with Crippen LogP contribution in [0.5, 0.6) is 0 Å². The fourth-order valence-corrected chi connectivity index (χ4v) is 3.03. The van der Waals surface area contributed by atoms with Crippen LogP contribution in [0.4, 0.5) is 0 Å². The number of nitrogens with zero attached hydrogens (tertiary/aromatic N) is 3. The minimum atomic E-state index is 0.151. The summed E-state index contributed by atoms with van der Waals surface area (Å²) in [5.74, 6) is 1.23. The summed E-state index contributed by atoms with van der Waals surface area (Å²) in [5, 5.41) is 0. The minimum absolute atomic E-state index is 0.151. The number of amides is 1. The van der Waals surface area contributed by atoms with E-state index in [1.807, 2.05) is 29.3 Å². The largest absolute Gasteiger partial charge is 0.342 e. The van der Waals surface area contributed by atoms with Crippen LogP contribution in [0.2, 0.25) is 0 Å². The maximum Gasteiger partial charge on any atom is 0.219 e. The summed E-state index contributed by atoms with van der Waals surface area (Å²) in [5.41, 5.74) is 3.28. The van der Waals surface area contributed by atoms with E-state index in [4.69, 9.17) is 4.98 Å². The van der Waals surface area contributed by atoms with Gasteiger partial charge in [-0.1, -0.05) is 23.8 Å². The molecule has 2 aromatic rings. The van der Waals surface area contributed by atoms with E-state index in [0.29, 0.717) is 5.92 Å². The zero-order valence-electron chi connectivity index (χ0n) is 13.1. The molecule has 1 atom stereocenters. The molecule has 0 aliphatic carbocycles. The first-order chi connectivity index (χ1) is 10.6. The number of aryl methyl sites for hydroxylation is 1. The standard InChI is InChI=1S/C18H21N3O/c1-13-5-3-6-15(11-13)18-19-9-8-17(20-18)16-7-4-10-21(12-16)14(2)22/h3,5-6,8-9,11,16H,4,7,10,12H2,1-2H3/t16-/m1/s1. The van der Waals surface area contributed by atoms with Gasteiger partial charge < -0.3 is 4.90 Å². The number of likely N-dealkylation sites (tertiary alicyclic amines) is 1. The second kappa shape index (κ2) is 6.26. The van der Waals surface area contributed by atoms with Crippen LogP contribution in [0.15, 0.2) is 36.5 Å². The molecule has 1 saturated heterocycles. The van der Waals surface area contributed by atoms with Gasteiger partial charge in [-0.15, -0.1) is 0 Å². The molecule has 1 aromatic carbocycles. The Bertz CT molecular complexity index is 684. The molecule has 0 saturated carbocycles. The summed E-state index contributed by atoms with van der Waals surface area (Å²) in [7, 11) is 0. The first-order valence-electron chi connectivity index (χ1n) is 7.79. The number of carbonyl (C=O) groups is 1. The van der Waals surface area contributed by atoms with Gasteiger partial charge in [0.25, 0.3) is 0 Å². The zero-order chi connectivity index (χ0) is 15.5. The van der Waals surface area contributed by atoms with Crippen LogP contribution in [0.25, 0.3) is 11.4 Å². The van der Waals surface area contributed by atoms with E-state index in [1.54, 1.807) is 6.92 Å². The number of rotatable bonds is 2. The van der Waals surface area contributed by atoms with Gasteiger partial charge in [-0.25, -0.2) is 9.97 Å². The number of piperidine rings is 1. The molecule has 114 valence electrons. The second-order valence-corrected chi connectivity index (χ2v) is 5.98. The predicted molar refractivity (Wildman–Crippen MR) is 86.4 cm³/mol. The zero-order valence-corrected chi connectivity index (χ0v) is 13.1. The summed E-state index contributed by atoms with van der Waals surface area (Å²) in [6.07, 6.45) is 3.94. The van der Waals surface area contributed by atoms with Crippen molar-refractivity contribution < 1.29 is 4.79 Å². The van der Waals surface area contributed by atoms with Gasteiger partial charge in [0.15, 0.2) is 5.82 Å². The average molecular weight is 295 g/mol. The quantitative estimate of drug-likeness (QED) is 0.855. The lowest BCUT2D eigenvalue weighted by Gasteiger charge is -2.31. The fourth-order valence-electron chi connectivity index (χ4n) is 3.03. The van der Waals surface area contributed by atoms with Crippen molar-refractivity contribution in [3.8, 4) is 11.4 Å². The monoisotopic (exact) mass is 295 g/mol. The van der Waals surface area contributed by atoms with Gasteiger partial charge in [0, 0.05) is 43.4 Å². The Kier molecular flexibility index (Phi) is 4.18. The van der Waals surface area contributed by atoms with Gasteiger partial charge in [0.05, 0.1) is 0 Å². The number of carbonyl (C=O) groups excluding carboxylic acids is 1. The van der Waals surface area contributed by atoms with E-state index in [9.17, 15) is 4.79 Å². The Balaban J connectivity index is 1.86. The molecule has 4 nitrogen and oxygen atoms in total. The number of hydrogen-bond acceptors (Lipinski definition) is 3. The SMILES string of the molecule is CC(=O)N1CCC[C@@H](c2ccnc(-c3cccc(C)c3)n2)C1. The van der Waals surface area contributed by atoms with Crippen molar-refractivity contribution in [2.24, 2.45) is 0 Å². The maximum atomic E-state index is 11.6. The lowest BCUT2D eigenvalue weighted by Crippen LogP contribution is -2.37. The van der Waals surface area contributed by atoms with Crippen LogP contribution < -0.4 is 0 Å². The molecule has 0 N–H and O–H groups in total. The number of aromatic nitrogens is 2. The van der Waals surface area contributed by atoms with E-state index in [-0.39, 0.29) is 5.91 Å². The van der Waals surface area contributed by atoms with Crippen LogP contribution in [0.1, 0.15) is 36.9 Å². The summed E-state index contributed by atoms with van der Waals surface area (Å²) in [6.45, 7) is 5.33. The molecule has 3 rings (SSSR count). The Morgan fingerprint density at radius 2 is 2.18 bits per heavy atom. The smallest absolute Gasteiger partial charge is 0.219 e. The van der Waals surface area contributed by atoms with Crippen molar-refractivity contribution in [3.63, 3.8) is 0 Å². The Morgan fingerprint density at radius 3 is 2.95 bits per heavy atom. The van der Waals surface area contributed by atoms with E-state index in [0.717, 1.165) is 43.0 Å². The van der Waals surface area contributed by atoms with Gasteiger partial charge >= 0.3 is 0 Å². The van der Waals surface area contributed by atoms with Gasteiger partial charge in [-0.05, 0) is 31.9 Å². The minimum Gasteiger partial charge on any atom is -0.342 e. The maximum absolute atomic E-state index is 11.6. The molecule has 22 heavy (non-hydrogen) atoms. The molecule has 0 spiro atoms. The van der Waals surface area contributed by atoms with Crippen LogP contribution in [0, 0.1) is 6.92 Å².